The van der Waals surface area contributed by atoms with Crippen LogP contribution in [0.5, 0.6) is 0 Å². The van der Waals surface area contributed by atoms with Gasteiger partial charge in [0.2, 0.25) is 0 Å². The normalized spacial score (nSPS) is 16.8. The molecule has 1 aliphatic rings. The Kier molecular flexibility index (Phi) is 6.01. The number of amides is 1. The molecule has 0 radical (unpaired) electrons. The molecule has 1 amide bonds. The van der Waals surface area contributed by atoms with E-state index < -0.39 is 5.91 Å². The van der Waals surface area contributed by atoms with Gasteiger partial charge in [-0.2, -0.15) is 5.26 Å². The third-order valence-corrected chi connectivity index (χ3v) is 5.32. The van der Waals surface area contributed by atoms with E-state index in [2.05, 4.69) is 9.88 Å². The summed E-state index contributed by atoms with van der Waals surface area (Å²) in [6.07, 6.45) is 4.09. The molecule has 0 spiro atoms. The molecule has 2 heterocycles. The second-order valence-electron chi connectivity index (χ2n) is 7.51. The summed E-state index contributed by atoms with van der Waals surface area (Å²) in [6, 6.07) is 9.88. The summed E-state index contributed by atoms with van der Waals surface area (Å²) >= 11 is 0. The van der Waals surface area contributed by atoms with Gasteiger partial charge in [0.15, 0.2) is 0 Å². The summed E-state index contributed by atoms with van der Waals surface area (Å²) in [7, 11) is 0. The first-order chi connectivity index (χ1) is 13.4. The van der Waals surface area contributed by atoms with Crippen molar-refractivity contribution in [1.29, 1.82) is 5.26 Å². The van der Waals surface area contributed by atoms with Crippen molar-refractivity contribution in [3.63, 3.8) is 0 Å². The zero-order valence-corrected chi connectivity index (χ0v) is 17.0. The third-order valence-electron chi connectivity index (χ3n) is 5.32. The van der Waals surface area contributed by atoms with Gasteiger partial charge in [0.1, 0.15) is 11.6 Å². The predicted octanol–water partition coefficient (Wildman–Crippen LogP) is 4.45. The molecule has 1 N–H and O–H groups in total. The fraction of sp³-hybridized carbons (Fsp3) is 0.391. The van der Waals surface area contributed by atoms with Gasteiger partial charge >= 0.3 is 0 Å². The Balaban J connectivity index is 1.82. The van der Waals surface area contributed by atoms with Crippen LogP contribution in [-0.4, -0.2) is 23.2 Å². The van der Waals surface area contributed by atoms with Crippen LogP contribution in [0.1, 0.15) is 40.9 Å². The number of anilines is 1. The van der Waals surface area contributed by atoms with Crippen molar-refractivity contribution >= 4 is 17.7 Å². The second-order valence-corrected chi connectivity index (χ2v) is 7.51. The standard InChI is InChI=1S/C23H27N3O2/c1-15-7-8-22(16(2)10-15)25-23(27)20(13-24)12-19-11-17(3)26(18(19)4)14-21-6-5-9-28-21/h7-8,10-12,21H,5-6,9,14H2,1-4H3,(H,25,27)/b20-12+/t21-/m1/s1. The second kappa shape index (κ2) is 8.45. The molecule has 0 aliphatic carbocycles. The maximum Gasteiger partial charge on any atom is 0.266 e. The van der Waals surface area contributed by atoms with Gasteiger partial charge in [0, 0.05) is 30.2 Å². The Morgan fingerprint density at radius 1 is 1.32 bits per heavy atom. The van der Waals surface area contributed by atoms with Gasteiger partial charge in [-0.1, -0.05) is 17.7 Å². The summed E-state index contributed by atoms with van der Waals surface area (Å²) < 4.78 is 7.96. The number of nitrogens with one attached hydrogen (secondary N) is 1. The van der Waals surface area contributed by atoms with Gasteiger partial charge in [0.05, 0.1) is 6.10 Å². The highest BCUT2D eigenvalue weighted by Gasteiger charge is 2.19. The minimum atomic E-state index is -0.390. The van der Waals surface area contributed by atoms with E-state index in [1.807, 2.05) is 58.0 Å². The van der Waals surface area contributed by atoms with Crippen LogP contribution in [0.3, 0.4) is 0 Å². The summed E-state index contributed by atoms with van der Waals surface area (Å²) in [5, 5.41) is 12.4. The lowest BCUT2D eigenvalue weighted by molar-refractivity contribution is -0.112. The molecule has 5 heteroatoms. The van der Waals surface area contributed by atoms with E-state index in [-0.39, 0.29) is 11.7 Å². The molecular weight excluding hydrogens is 350 g/mol. The molecule has 3 rings (SSSR count). The Morgan fingerprint density at radius 2 is 2.11 bits per heavy atom. The van der Waals surface area contributed by atoms with E-state index in [1.165, 1.54) is 0 Å². The largest absolute Gasteiger partial charge is 0.376 e. The van der Waals surface area contributed by atoms with Gasteiger partial charge in [-0.25, -0.2) is 0 Å². The lowest BCUT2D eigenvalue weighted by atomic mass is 10.1. The Morgan fingerprint density at radius 3 is 2.75 bits per heavy atom. The minimum absolute atomic E-state index is 0.0948. The van der Waals surface area contributed by atoms with Crippen LogP contribution in [0.2, 0.25) is 0 Å². The monoisotopic (exact) mass is 377 g/mol. The van der Waals surface area contributed by atoms with Crippen LogP contribution in [0.15, 0.2) is 29.8 Å². The van der Waals surface area contributed by atoms with Crippen LogP contribution in [0.25, 0.3) is 6.08 Å². The van der Waals surface area contributed by atoms with Crippen LogP contribution >= 0.6 is 0 Å². The van der Waals surface area contributed by atoms with Gasteiger partial charge in [-0.15, -0.1) is 0 Å². The highest BCUT2D eigenvalue weighted by atomic mass is 16.5. The summed E-state index contributed by atoms with van der Waals surface area (Å²) in [4.78, 5) is 12.6. The molecule has 2 aromatic rings. The molecule has 146 valence electrons. The Bertz CT molecular complexity index is 957. The molecular formula is C23H27N3O2. The fourth-order valence-electron chi connectivity index (χ4n) is 3.69. The van der Waals surface area contributed by atoms with Gasteiger partial charge in [0.25, 0.3) is 5.91 Å². The smallest absolute Gasteiger partial charge is 0.266 e. The number of ether oxygens (including phenoxy) is 1. The molecule has 1 atom stereocenters. The summed E-state index contributed by atoms with van der Waals surface area (Å²) in [6.45, 7) is 9.64. The van der Waals surface area contributed by atoms with E-state index in [0.717, 1.165) is 59.8 Å². The van der Waals surface area contributed by atoms with Crippen LogP contribution in [-0.2, 0) is 16.1 Å². The summed E-state index contributed by atoms with van der Waals surface area (Å²) in [5.41, 5.74) is 5.96. The zero-order chi connectivity index (χ0) is 20.3. The van der Waals surface area contributed by atoms with Crippen molar-refractivity contribution in [3.05, 3.63) is 57.9 Å². The van der Waals surface area contributed by atoms with Crippen LogP contribution in [0.4, 0.5) is 5.69 Å². The quantitative estimate of drug-likeness (QED) is 0.618. The number of aromatic nitrogens is 1. The van der Waals surface area contributed by atoms with Crippen LogP contribution in [0, 0.1) is 39.0 Å². The van der Waals surface area contributed by atoms with Crippen LogP contribution < -0.4 is 5.32 Å². The SMILES string of the molecule is Cc1ccc(NC(=O)/C(C#N)=C/c2cc(C)n(C[C@H]3CCCO3)c2C)c(C)c1. The number of benzene rings is 1. The molecule has 28 heavy (non-hydrogen) atoms. The lowest BCUT2D eigenvalue weighted by Crippen LogP contribution is -2.17. The van der Waals surface area contributed by atoms with E-state index in [1.54, 1.807) is 6.08 Å². The average molecular weight is 377 g/mol. The number of carbonyl (C=O) groups is 1. The van der Waals surface area contributed by atoms with Crippen molar-refractivity contribution in [2.75, 3.05) is 11.9 Å². The number of hydrogen-bond donors (Lipinski definition) is 1. The fourth-order valence-corrected chi connectivity index (χ4v) is 3.69. The predicted molar refractivity (Wildman–Crippen MR) is 111 cm³/mol. The van der Waals surface area contributed by atoms with Crippen molar-refractivity contribution in [2.24, 2.45) is 0 Å². The van der Waals surface area contributed by atoms with E-state index in [9.17, 15) is 10.1 Å². The Labute approximate surface area is 166 Å². The number of aryl methyl sites for hydroxylation is 3. The van der Waals surface area contributed by atoms with E-state index in [0.29, 0.717) is 0 Å². The molecule has 5 nitrogen and oxygen atoms in total. The van der Waals surface area contributed by atoms with E-state index >= 15 is 0 Å². The summed E-state index contributed by atoms with van der Waals surface area (Å²) in [5.74, 6) is -0.390. The Hall–Kier alpha value is -2.84. The average Bonchev–Trinajstić information content (AvgIpc) is 3.26. The molecule has 1 aromatic heterocycles. The van der Waals surface area contributed by atoms with Gasteiger partial charge in [-0.3, -0.25) is 4.79 Å². The maximum atomic E-state index is 12.6. The minimum Gasteiger partial charge on any atom is -0.376 e. The first-order valence-electron chi connectivity index (χ1n) is 9.67. The highest BCUT2D eigenvalue weighted by Crippen LogP contribution is 2.23. The lowest BCUT2D eigenvalue weighted by Gasteiger charge is -2.14. The molecule has 1 aromatic carbocycles. The first-order valence-corrected chi connectivity index (χ1v) is 9.67. The molecule has 0 bridgehead atoms. The van der Waals surface area contributed by atoms with E-state index in [4.69, 9.17) is 4.74 Å². The van der Waals surface area contributed by atoms with Gasteiger partial charge < -0.3 is 14.6 Å². The third kappa shape index (κ3) is 4.35. The first kappa shape index (κ1) is 19.9. The molecule has 0 saturated carbocycles. The molecule has 1 aliphatic heterocycles. The number of carbonyl (C=O) groups excluding carboxylic acids is 1. The highest BCUT2D eigenvalue weighted by molar-refractivity contribution is 6.10. The topological polar surface area (TPSA) is 67.0 Å². The van der Waals surface area contributed by atoms with Crippen molar-refractivity contribution in [1.82, 2.24) is 4.57 Å². The number of hydrogen-bond acceptors (Lipinski definition) is 3. The number of rotatable bonds is 5. The van der Waals surface area contributed by atoms with Crippen molar-refractivity contribution in [3.8, 4) is 6.07 Å². The maximum absolute atomic E-state index is 12.6. The molecule has 1 fully saturated rings. The number of nitrogens with zero attached hydrogens (tertiary/aromatic N) is 2. The molecule has 1 saturated heterocycles. The van der Waals surface area contributed by atoms with Crippen molar-refractivity contribution in [2.45, 2.75) is 53.2 Å². The number of nitriles is 1. The van der Waals surface area contributed by atoms with Gasteiger partial charge in [-0.05, 0) is 69.9 Å². The zero-order valence-electron chi connectivity index (χ0n) is 17.0. The molecule has 0 unspecified atom stereocenters. The van der Waals surface area contributed by atoms with Crippen molar-refractivity contribution < 1.29 is 9.53 Å².